The SMILES string of the molecule is Cc1cc2c(C(C)(C)O)noc2cc1F. The molecule has 0 unspecified atom stereocenters. The van der Waals surface area contributed by atoms with Gasteiger partial charge in [-0.25, -0.2) is 4.39 Å². The molecular weight excluding hydrogens is 197 g/mol. The third kappa shape index (κ3) is 1.61. The molecule has 1 heterocycles. The predicted molar refractivity (Wildman–Crippen MR) is 53.9 cm³/mol. The summed E-state index contributed by atoms with van der Waals surface area (Å²) in [7, 11) is 0. The smallest absolute Gasteiger partial charge is 0.170 e. The first-order valence-corrected chi connectivity index (χ1v) is 4.68. The third-order valence-electron chi connectivity index (χ3n) is 2.33. The predicted octanol–water partition coefficient (Wildman–Crippen LogP) is 2.50. The molecular formula is C11H12FNO2. The summed E-state index contributed by atoms with van der Waals surface area (Å²) < 4.78 is 18.2. The lowest BCUT2D eigenvalue weighted by Gasteiger charge is -2.13. The molecule has 2 aromatic rings. The molecule has 0 bridgehead atoms. The van der Waals surface area contributed by atoms with Crippen LogP contribution < -0.4 is 0 Å². The number of nitrogens with zero attached hydrogens (tertiary/aromatic N) is 1. The van der Waals surface area contributed by atoms with Crippen molar-refractivity contribution in [2.75, 3.05) is 0 Å². The van der Waals surface area contributed by atoms with Crippen molar-refractivity contribution in [1.82, 2.24) is 5.16 Å². The minimum atomic E-state index is -1.09. The number of halogens is 1. The van der Waals surface area contributed by atoms with Crippen molar-refractivity contribution >= 4 is 11.0 Å². The van der Waals surface area contributed by atoms with Crippen molar-refractivity contribution in [2.24, 2.45) is 0 Å². The van der Waals surface area contributed by atoms with Gasteiger partial charge in [-0.05, 0) is 32.4 Å². The van der Waals surface area contributed by atoms with Gasteiger partial charge in [0.1, 0.15) is 17.1 Å². The topological polar surface area (TPSA) is 46.3 Å². The van der Waals surface area contributed by atoms with Gasteiger partial charge in [-0.15, -0.1) is 0 Å². The van der Waals surface area contributed by atoms with E-state index in [9.17, 15) is 9.50 Å². The Balaban J connectivity index is 2.75. The average Bonchev–Trinajstić information content (AvgIpc) is 2.47. The van der Waals surface area contributed by atoms with Crippen LogP contribution in [0.1, 0.15) is 25.1 Å². The Morgan fingerprint density at radius 2 is 2.07 bits per heavy atom. The first-order chi connectivity index (χ1) is 6.89. The maximum Gasteiger partial charge on any atom is 0.170 e. The van der Waals surface area contributed by atoms with E-state index in [0.717, 1.165) is 0 Å². The molecule has 0 aliphatic carbocycles. The Morgan fingerprint density at radius 1 is 1.40 bits per heavy atom. The molecule has 0 saturated heterocycles. The summed E-state index contributed by atoms with van der Waals surface area (Å²) in [6.45, 7) is 4.89. The Labute approximate surface area is 86.5 Å². The van der Waals surface area contributed by atoms with Gasteiger partial charge >= 0.3 is 0 Å². The van der Waals surface area contributed by atoms with Crippen LogP contribution in [0.15, 0.2) is 16.7 Å². The van der Waals surface area contributed by atoms with Crippen LogP contribution in [0.5, 0.6) is 0 Å². The molecule has 0 aliphatic rings. The largest absolute Gasteiger partial charge is 0.384 e. The van der Waals surface area contributed by atoms with Crippen molar-refractivity contribution in [3.8, 4) is 0 Å². The monoisotopic (exact) mass is 209 g/mol. The number of aliphatic hydroxyl groups is 1. The normalized spacial score (nSPS) is 12.3. The maximum atomic E-state index is 13.2. The van der Waals surface area contributed by atoms with E-state index >= 15 is 0 Å². The first-order valence-electron chi connectivity index (χ1n) is 4.68. The standard InChI is InChI=1S/C11H12FNO2/c1-6-4-7-9(5-8(6)12)15-13-10(7)11(2,3)14/h4-5,14H,1-3H3. The second-order valence-corrected chi connectivity index (χ2v) is 4.19. The number of aromatic nitrogens is 1. The van der Waals surface area contributed by atoms with Crippen molar-refractivity contribution in [2.45, 2.75) is 26.4 Å². The van der Waals surface area contributed by atoms with Gasteiger partial charge < -0.3 is 9.63 Å². The fourth-order valence-electron chi connectivity index (χ4n) is 1.51. The number of aryl methyl sites for hydroxylation is 1. The van der Waals surface area contributed by atoms with Crippen LogP contribution in [0.4, 0.5) is 4.39 Å². The minimum Gasteiger partial charge on any atom is -0.384 e. The van der Waals surface area contributed by atoms with E-state index in [2.05, 4.69) is 5.16 Å². The molecule has 0 saturated carbocycles. The van der Waals surface area contributed by atoms with Crippen LogP contribution in [0.25, 0.3) is 11.0 Å². The van der Waals surface area contributed by atoms with Gasteiger partial charge in [0.2, 0.25) is 0 Å². The molecule has 1 aromatic heterocycles. The zero-order valence-corrected chi connectivity index (χ0v) is 8.84. The van der Waals surface area contributed by atoms with Crippen molar-refractivity contribution in [1.29, 1.82) is 0 Å². The van der Waals surface area contributed by atoms with Gasteiger partial charge in [-0.1, -0.05) is 5.16 Å². The fourth-order valence-corrected chi connectivity index (χ4v) is 1.51. The Morgan fingerprint density at radius 3 is 2.67 bits per heavy atom. The zero-order chi connectivity index (χ0) is 11.2. The van der Waals surface area contributed by atoms with E-state index in [1.165, 1.54) is 6.07 Å². The number of benzene rings is 1. The summed E-state index contributed by atoms with van der Waals surface area (Å²) in [6.07, 6.45) is 0. The van der Waals surface area contributed by atoms with E-state index in [1.54, 1.807) is 26.8 Å². The Bertz CT molecular complexity index is 511. The molecule has 0 atom stereocenters. The molecule has 2 rings (SSSR count). The highest BCUT2D eigenvalue weighted by atomic mass is 19.1. The van der Waals surface area contributed by atoms with E-state index in [-0.39, 0.29) is 5.82 Å². The summed E-state index contributed by atoms with van der Waals surface area (Å²) in [5, 5.41) is 14.2. The van der Waals surface area contributed by atoms with E-state index in [0.29, 0.717) is 22.2 Å². The molecule has 0 amide bonds. The van der Waals surface area contributed by atoms with E-state index in [4.69, 9.17) is 4.52 Å². The van der Waals surface area contributed by atoms with E-state index in [1.807, 2.05) is 0 Å². The highest BCUT2D eigenvalue weighted by Crippen LogP contribution is 2.29. The second-order valence-electron chi connectivity index (χ2n) is 4.19. The third-order valence-corrected chi connectivity index (χ3v) is 2.33. The molecule has 80 valence electrons. The van der Waals surface area contributed by atoms with Crippen LogP contribution in [-0.4, -0.2) is 10.3 Å². The van der Waals surface area contributed by atoms with Gasteiger partial charge in [0.25, 0.3) is 0 Å². The quantitative estimate of drug-likeness (QED) is 0.784. The lowest BCUT2D eigenvalue weighted by molar-refractivity contribution is 0.0716. The van der Waals surface area contributed by atoms with Gasteiger partial charge in [-0.2, -0.15) is 0 Å². The molecule has 1 N–H and O–H groups in total. The van der Waals surface area contributed by atoms with Crippen LogP contribution in [-0.2, 0) is 5.60 Å². The Hall–Kier alpha value is -1.42. The molecule has 4 heteroatoms. The summed E-state index contributed by atoms with van der Waals surface area (Å²) in [5.41, 5.74) is 0.210. The average molecular weight is 209 g/mol. The van der Waals surface area contributed by atoms with Crippen molar-refractivity contribution in [3.63, 3.8) is 0 Å². The molecule has 0 aliphatic heterocycles. The number of fused-ring (bicyclic) bond motifs is 1. The van der Waals surface area contributed by atoms with Crippen LogP contribution >= 0.6 is 0 Å². The zero-order valence-electron chi connectivity index (χ0n) is 8.84. The molecule has 0 spiro atoms. The fraction of sp³-hybridized carbons (Fsp3) is 0.364. The van der Waals surface area contributed by atoms with Gasteiger partial charge in [0, 0.05) is 11.5 Å². The lowest BCUT2D eigenvalue weighted by Crippen LogP contribution is -2.16. The minimum absolute atomic E-state index is 0.332. The van der Waals surface area contributed by atoms with Gasteiger partial charge in [0.05, 0.1) is 0 Å². The van der Waals surface area contributed by atoms with Crippen LogP contribution in [0.2, 0.25) is 0 Å². The number of hydrogen-bond acceptors (Lipinski definition) is 3. The molecule has 3 nitrogen and oxygen atoms in total. The number of rotatable bonds is 1. The molecule has 0 radical (unpaired) electrons. The molecule has 1 aromatic carbocycles. The summed E-state index contributed by atoms with van der Waals surface area (Å²) in [6, 6.07) is 2.92. The molecule has 0 fully saturated rings. The highest BCUT2D eigenvalue weighted by Gasteiger charge is 2.24. The van der Waals surface area contributed by atoms with Crippen molar-refractivity contribution in [3.05, 3.63) is 29.2 Å². The first kappa shape index (κ1) is 10.1. The Kier molecular flexibility index (Phi) is 2.04. The second kappa shape index (κ2) is 3.03. The maximum absolute atomic E-state index is 13.2. The lowest BCUT2D eigenvalue weighted by atomic mass is 10.0. The van der Waals surface area contributed by atoms with Crippen LogP contribution in [0.3, 0.4) is 0 Å². The van der Waals surface area contributed by atoms with E-state index < -0.39 is 5.60 Å². The van der Waals surface area contributed by atoms with Crippen LogP contribution in [0, 0.1) is 12.7 Å². The summed E-state index contributed by atoms with van der Waals surface area (Å²) in [5.74, 6) is -0.332. The number of hydrogen-bond donors (Lipinski definition) is 1. The van der Waals surface area contributed by atoms with Gasteiger partial charge in [-0.3, -0.25) is 0 Å². The highest BCUT2D eigenvalue weighted by molar-refractivity contribution is 5.81. The van der Waals surface area contributed by atoms with Crippen molar-refractivity contribution < 1.29 is 14.0 Å². The summed E-state index contributed by atoms with van der Waals surface area (Å²) >= 11 is 0. The molecule has 15 heavy (non-hydrogen) atoms. The van der Waals surface area contributed by atoms with Gasteiger partial charge in [0.15, 0.2) is 5.58 Å². The summed E-state index contributed by atoms with van der Waals surface area (Å²) in [4.78, 5) is 0.